The minimum Gasteiger partial charge on any atom is -0.397 e. The van der Waals surface area contributed by atoms with Gasteiger partial charge in [0.05, 0.1) is 24.6 Å². The summed E-state index contributed by atoms with van der Waals surface area (Å²) in [6.45, 7) is 2.85. The summed E-state index contributed by atoms with van der Waals surface area (Å²) in [5, 5.41) is 0. The quantitative estimate of drug-likeness (QED) is 0.800. The predicted octanol–water partition coefficient (Wildman–Crippen LogP) is 1.09. The first-order chi connectivity index (χ1) is 7.75. The average Bonchev–Trinajstić information content (AvgIpc) is 2.28. The van der Waals surface area contributed by atoms with Crippen LogP contribution >= 0.6 is 11.8 Å². The van der Waals surface area contributed by atoms with Gasteiger partial charge in [0.1, 0.15) is 0 Å². The maximum Gasteiger partial charge on any atom is 0.0796 e. The first-order valence-corrected chi connectivity index (χ1v) is 6.36. The molecule has 2 rings (SSSR count). The number of hydrogen-bond acceptors (Lipinski definition) is 5. The molecule has 0 bridgehead atoms. The SMILES string of the molecule is CN1CCOC(CSc2ccncc2N)C1. The Kier molecular flexibility index (Phi) is 4.04. The van der Waals surface area contributed by atoms with Crippen LogP contribution in [-0.2, 0) is 4.74 Å². The Bertz CT molecular complexity index is 348. The zero-order valence-corrected chi connectivity index (χ0v) is 10.2. The molecule has 1 saturated heterocycles. The molecule has 4 nitrogen and oxygen atoms in total. The van der Waals surface area contributed by atoms with E-state index >= 15 is 0 Å². The van der Waals surface area contributed by atoms with Gasteiger partial charge in [-0.25, -0.2) is 0 Å². The van der Waals surface area contributed by atoms with Gasteiger partial charge in [0.2, 0.25) is 0 Å². The fourth-order valence-electron chi connectivity index (χ4n) is 1.68. The van der Waals surface area contributed by atoms with Gasteiger partial charge in [-0.05, 0) is 13.1 Å². The van der Waals surface area contributed by atoms with Gasteiger partial charge in [-0.3, -0.25) is 4.98 Å². The summed E-state index contributed by atoms with van der Waals surface area (Å²) in [6, 6.07) is 1.95. The number of morpholine rings is 1. The molecule has 88 valence electrons. The fourth-order valence-corrected chi connectivity index (χ4v) is 2.62. The summed E-state index contributed by atoms with van der Waals surface area (Å²) in [5.74, 6) is 0.943. The molecule has 0 aromatic carbocycles. The lowest BCUT2D eigenvalue weighted by Gasteiger charge is -2.29. The normalized spacial score (nSPS) is 22.2. The van der Waals surface area contributed by atoms with Crippen molar-refractivity contribution in [2.24, 2.45) is 0 Å². The van der Waals surface area contributed by atoms with Gasteiger partial charge in [0.15, 0.2) is 0 Å². The van der Waals surface area contributed by atoms with Crippen LogP contribution in [0.2, 0.25) is 0 Å². The zero-order chi connectivity index (χ0) is 11.4. The van der Waals surface area contributed by atoms with Crippen LogP contribution in [0, 0.1) is 0 Å². The van der Waals surface area contributed by atoms with Crippen molar-refractivity contribution in [3.05, 3.63) is 18.5 Å². The molecule has 2 N–H and O–H groups in total. The van der Waals surface area contributed by atoms with Crippen LogP contribution in [0.3, 0.4) is 0 Å². The lowest BCUT2D eigenvalue weighted by atomic mass is 10.3. The largest absolute Gasteiger partial charge is 0.397 e. The van der Waals surface area contributed by atoms with Gasteiger partial charge in [0.25, 0.3) is 0 Å². The van der Waals surface area contributed by atoms with Crippen molar-refractivity contribution in [3.63, 3.8) is 0 Å². The summed E-state index contributed by atoms with van der Waals surface area (Å²) in [7, 11) is 2.13. The standard InChI is InChI=1S/C11H17N3OS/c1-14-4-5-15-9(7-14)8-16-11-2-3-13-6-10(11)12/h2-3,6,9H,4-5,7-8,12H2,1H3. The van der Waals surface area contributed by atoms with Crippen molar-refractivity contribution in [1.29, 1.82) is 0 Å². The molecule has 0 amide bonds. The van der Waals surface area contributed by atoms with Crippen LogP contribution in [0.15, 0.2) is 23.4 Å². The van der Waals surface area contributed by atoms with E-state index in [4.69, 9.17) is 10.5 Å². The molecule has 0 spiro atoms. The number of hydrogen-bond donors (Lipinski definition) is 1. The Morgan fingerprint density at radius 1 is 1.69 bits per heavy atom. The van der Waals surface area contributed by atoms with Crippen LogP contribution in [0.4, 0.5) is 5.69 Å². The topological polar surface area (TPSA) is 51.4 Å². The van der Waals surface area contributed by atoms with E-state index in [1.54, 1.807) is 24.2 Å². The van der Waals surface area contributed by atoms with Crippen molar-refractivity contribution in [3.8, 4) is 0 Å². The average molecular weight is 239 g/mol. The summed E-state index contributed by atoms with van der Waals surface area (Å²) in [4.78, 5) is 7.36. The molecule has 1 atom stereocenters. The minimum absolute atomic E-state index is 0.302. The second-order valence-electron chi connectivity index (χ2n) is 3.98. The predicted molar refractivity (Wildman–Crippen MR) is 66.6 cm³/mol. The lowest BCUT2D eigenvalue weighted by Crippen LogP contribution is -2.41. The first-order valence-electron chi connectivity index (χ1n) is 5.38. The summed E-state index contributed by atoms with van der Waals surface area (Å²) < 4.78 is 5.69. The highest BCUT2D eigenvalue weighted by Crippen LogP contribution is 2.25. The Balaban J connectivity index is 1.85. The molecule has 2 heterocycles. The van der Waals surface area contributed by atoms with Crippen molar-refractivity contribution < 1.29 is 4.74 Å². The molecule has 1 unspecified atom stereocenters. The van der Waals surface area contributed by atoms with E-state index in [1.165, 1.54) is 0 Å². The Morgan fingerprint density at radius 3 is 3.31 bits per heavy atom. The molecule has 1 aliphatic heterocycles. The highest BCUT2D eigenvalue weighted by atomic mass is 32.2. The number of nitrogens with two attached hydrogens (primary N) is 1. The van der Waals surface area contributed by atoms with Crippen molar-refractivity contribution >= 4 is 17.4 Å². The number of aromatic nitrogens is 1. The van der Waals surface area contributed by atoms with Gasteiger partial charge >= 0.3 is 0 Å². The molecular formula is C11H17N3OS. The molecule has 1 fully saturated rings. The molecule has 1 aliphatic rings. The lowest BCUT2D eigenvalue weighted by molar-refractivity contribution is -0.00598. The highest BCUT2D eigenvalue weighted by molar-refractivity contribution is 7.99. The van der Waals surface area contributed by atoms with Crippen LogP contribution in [0.1, 0.15) is 0 Å². The number of pyridine rings is 1. The number of ether oxygens (including phenoxy) is 1. The first kappa shape index (κ1) is 11.7. The van der Waals surface area contributed by atoms with Gasteiger partial charge in [-0.15, -0.1) is 11.8 Å². The van der Waals surface area contributed by atoms with Gasteiger partial charge in [-0.2, -0.15) is 0 Å². The maximum absolute atomic E-state index is 5.83. The van der Waals surface area contributed by atoms with Gasteiger partial charge < -0.3 is 15.4 Å². The van der Waals surface area contributed by atoms with Crippen molar-refractivity contribution in [2.75, 3.05) is 38.2 Å². The van der Waals surface area contributed by atoms with E-state index in [9.17, 15) is 0 Å². The van der Waals surface area contributed by atoms with Crippen LogP contribution in [0.25, 0.3) is 0 Å². The van der Waals surface area contributed by atoms with E-state index in [1.807, 2.05) is 6.07 Å². The van der Waals surface area contributed by atoms with E-state index in [-0.39, 0.29) is 0 Å². The zero-order valence-electron chi connectivity index (χ0n) is 9.43. The molecule has 0 aliphatic carbocycles. The third kappa shape index (κ3) is 3.10. The second-order valence-corrected chi connectivity index (χ2v) is 5.04. The van der Waals surface area contributed by atoms with Crippen LogP contribution in [0.5, 0.6) is 0 Å². The molecule has 5 heteroatoms. The number of thioether (sulfide) groups is 1. The minimum atomic E-state index is 0.302. The molecule has 1 aromatic heterocycles. The molecule has 0 radical (unpaired) electrons. The maximum atomic E-state index is 5.83. The Morgan fingerprint density at radius 2 is 2.56 bits per heavy atom. The number of likely N-dealkylation sites (N-methyl/N-ethyl adjacent to an activating group) is 1. The van der Waals surface area contributed by atoms with Crippen LogP contribution in [-0.4, -0.2) is 48.5 Å². The smallest absolute Gasteiger partial charge is 0.0796 e. The monoisotopic (exact) mass is 239 g/mol. The molecule has 1 aromatic rings. The Labute approximate surface area is 100 Å². The summed E-state index contributed by atoms with van der Waals surface area (Å²) >= 11 is 1.74. The highest BCUT2D eigenvalue weighted by Gasteiger charge is 2.17. The number of anilines is 1. The van der Waals surface area contributed by atoms with Crippen LogP contribution < -0.4 is 5.73 Å². The van der Waals surface area contributed by atoms with Gasteiger partial charge in [0, 0.05) is 29.9 Å². The Hall–Kier alpha value is -0.780. The van der Waals surface area contributed by atoms with E-state index in [0.717, 1.165) is 36.0 Å². The van der Waals surface area contributed by atoms with Crippen molar-refractivity contribution in [1.82, 2.24) is 9.88 Å². The molecule has 0 saturated carbocycles. The van der Waals surface area contributed by atoms with E-state index in [2.05, 4.69) is 16.9 Å². The van der Waals surface area contributed by atoms with Gasteiger partial charge in [-0.1, -0.05) is 0 Å². The third-order valence-electron chi connectivity index (χ3n) is 2.58. The van der Waals surface area contributed by atoms with Crippen molar-refractivity contribution in [2.45, 2.75) is 11.0 Å². The molecule has 16 heavy (non-hydrogen) atoms. The number of nitrogens with zero attached hydrogens (tertiary/aromatic N) is 2. The summed E-state index contributed by atoms with van der Waals surface area (Å²) in [5.41, 5.74) is 6.58. The molecular weight excluding hydrogens is 222 g/mol. The fraction of sp³-hybridized carbons (Fsp3) is 0.545. The number of rotatable bonds is 3. The summed E-state index contributed by atoms with van der Waals surface area (Å²) in [6.07, 6.45) is 3.76. The third-order valence-corrected chi connectivity index (χ3v) is 3.80. The van der Waals surface area contributed by atoms with E-state index < -0.39 is 0 Å². The second kappa shape index (κ2) is 5.52. The van der Waals surface area contributed by atoms with E-state index in [0.29, 0.717) is 6.10 Å². The number of nitrogen functional groups attached to an aromatic ring is 1.